The molecule has 1 aliphatic rings. The second kappa shape index (κ2) is 13.5. The summed E-state index contributed by atoms with van der Waals surface area (Å²) in [6.07, 6.45) is 17.0. The first-order valence-electron chi connectivity index (χ1n) is 10.8. The van der Waals surface area contributed by atoms with E-state index in [1.165, 1.54) is 77.0 Å². The van der Waals surface area contributed by atoms with Crippen LogP contribution in [-0.4, -0.2) is 40.5 Å². The van der Waals surface area contributed by atoms with Crippen molar-refractivity contribution in [1.29, 1.82) is 0 Å². The molecule has 5 heteroatoms. The first-order valence-corrected chi connectivity index (χ1v) is 10.8. The number of hydrogen-bond donors (Lipinski definition) is 3. The first-order chi connectivity index (χ1) is 12.6. The Kier molecular flexibility index (Phi) is 12.2. The summed E-state index contributed by atoms with van der Waals surface area (Å²) in [5, 5.41) is 19.2. The smallest absolute Gasteiger partial charge is 0.331 e. The molecule has 5 nitrogen and oxygen atoms in total. The fraction of sp³-hybridized carbons (Fsp3) is 0.952. The number of aliphatic hydroxyl groups excluding tert-OH is 2. The molecule has 0 amide bonds. The lowest BCUT2D eigenvalue weighted by molar-refractivity contribution is -0.146. The van der Waals surface area contributed by atoms with Gasteiger partial charge in [0.05, 0.1) is 6.61 Å². The molecule has 1 fully saturated rings. The molecule has 1 rings (SSSR count). The summed E-state index contributed by atoms with van der Waals surface area (Å²) in [5.41, 5.74) is 4.07. The van der Waals surface area contributed by atoms with E-state index in [-0.39, 0.29) is 0 Å². The van der Waals surface area contributed by atoms with E-state index in [0.717, 1.165) is 12.8 Å². The molecule has 26 heavy (non-hydrogen) atoms. The number of hydrogen-bond acceptors (Lipinski definition) is 5. The Morgan fingerprint density at radius 1 is 0.885 bits per heavy atom. The van der Waals surface area contributed by atoms with Crippen LogP contribution < -0.4 is 5.73 Å². The van der Waals surface area contributed by atoms with Crippen LogP contribution in [0.5, 0.6) is 0 Å². The molecular formula is C21H41NO4. The third kappa shape index (κ3) is 7.93. The number of ether oxygens (including phenoxy) is 1. The fourth-order valence-corrected chi connectivity index (χ4v) is 3.68. The second-order valence-electron chi connectivity index (χ2n) is 7.97. The fourth-order valence-electron chi connectivity index (χ4n) is 3.68. The number of carbonyl (C=O) groups is 1. The highest BCUT2D eigenvalue weighted by Gasteiger charge is 2.53. The molecule has 0 aromatic rings. The number of unbranched alkanes of at least 4 members (excludes halogenated alkanes) is 13. The maximum Gasteiger partial charge on any atom is 0.331 e. The van der Waals surface area contributed by atoms with Crippen molar-refractivity contribution in [2.45, 2.75) is 121 Å². The average Bonchev–Trinajstić information content (AvgIpc) is 2.86. The van der Waals surface area contributed by atoms with Crippen LogP contribution in [0, 0.1) is 0 Å². The molecule has 0 aliphatic carbocycles. The summed E-state index contributed by atoms with van der Waals surface area (Å²) in [6, 6.07) is 0. The van der Waals surface area contributed by atoms with Gasteiger partial charge in [0.1, 0.15) is 12.2 Å². The minimum Gasteiger partial charge on any atom is -0.458 e. The van der Waals surface area contributed by atoms with Gasteiger partial charge in [0.2, 0.25) is 0 Å². The van der Waals surface area contributed by atoms with E-state index in [2.05, 4.69) is 6.92 Å². The summed E-state index contributed by atoms with van der Waals surface area (Å²) in [7, 11) is 0. The molecule has 0 aromatic heterocycles. The maximum atomic E-state index is 11.6. The van der Waals surface area contributed by atoms with Crippen molar-refractivity contribution in [2.75, 3.05) is 6.61 Å². The monoisotopic (exact) mass is 371 g/mol. The molecule has 0 saturated carbocycles. The third-order valence-corrected chi connectivity index (χ3v) is 5.62. The van der Waals surface area contributed by atoms with Gasteiger partial charge in [-0.1, -0.05) is 90.4 Å². The molecule has 0 unspecified atom stereocenters. The normalized spacial score (nSPS) is 25.6. The summed E-state index contributed by atoms with van der Waals surface area (Å²) < 4.78 is 5.12. The Morgan fingerprint density at radius 3 is 1.69 bits per heavy atom. The molecule has 154 valence electrons. The van der Waals surface area contributed by atoms with Crippen molar-refractivity contribution in [1.82, 2.24) is 0 Å². The zero-order valence-electron chi connectivity index (χ0n) is 16.8. The molecule has 0 aromatic carbocycles. The quantitative estimate of drug-likeness (QED) is 0.283. The van der Waals surface area contributed by atoms with Crippen molar-refractivity contribution >= 4 is 5.97 Å². The van der Waals surface area contributed by atoms with Crippen LogP contribution in [0.2, 0.25) is 0 Å². The predicted molar refractivity (Wildman–Crippen MR) is 105 cm³/mol. The number of aliphatic hydroxyl groups is 2. The van der Waals surface area contributed by atoms with Crippen LogP contribution in [0.1, 0.15) is 103 Å². The Labute approximate surface area is 159 Å². The number of esters is 1. The average molecular weight is 372 g/mol. The van der Waals surface area contributed by atoms with Crippen molar-refractivity contribution < 1.29 is 19.7 Å². The molecule has 0 spiro atoms. The van der Waals surface area contributed by atoms with E-state index >= 15 is 0 Å². The van der Waals surface area contributed by atoms with Gasteiger partial charge in [0.15, 0.2) is 5.54 Å². The molecule has 1 aliphatic heterocycles. The number of rotatable bonds is 16. The number of carbonyl (C=O) groups excluding carboxylic acids is 1. The van der Waals surface area contributed by atoms with E-state index < -0.39 is 30.3 Å². The van der Waals surface area contributed by atoms with Gasteiger partial charge in [-0.05, 0) is 12.8 Å². The largest absolute Gasteiger partial charge is 0.458 e. The number of nitrogens with two attached hydrogens (primary N) is 1. The van der Waals surface area contributed by atoms with Crippen molar-refractivity contribution in [3.63, 3.8) is 0 Å². The van der Waals surface area contributed by atoms with Crippen molar-refractivity contribution in [2.24, 2.45) is 5.73 Å². The van der Waals surface area contributed by atoms with Crippen molar-refractivity contribution in [3.05, 3.63) is 0 Å². The molecule has 1 saturated heterocycles. The van der Waals surface area contributed by atoms with E-state index in [1.54, 1.807) is 0 Å². The lowest BCUT2D eigenvalue weighted by Crippen LogP contribution is -2.57. The van der Waals surface area contributed by atoms with Gasteiger partial charge in [-0.25, -0.2) is 4.79 Å². The summed E-state index contributed by atoms with van der Waals surface area (Å²) in [5.74, 6) is -0.692. The van der Waals surface area contributed by atoms with Crippen LogP contribution in [0.25, 0.3) is 0 Å². The highest BCUT2D eigenvalue weighted by atomic mass is 16.6. The summed E-state index contributed by atoms with van der Waals surface area (Å²) in [6.45, 7) is 1.68. The minimum atomic E-state index is -1.64. The van der Waals surface area contributed by atoms with Gasteiger partial charge in [0, 0.05) is 0 Å². The van der Waals surface area contributed by atoms with E-state index in [4.69, 9.17) is 10.5 Å². The Balaban J connectivity index is 1.89. The van der Waals surface area contributed by atoms with Gasteiger partial charge < -0.3 is 20.7 Å². The Bertz CT molecular complexity index is 377. The first kappa shape index (κ1) is 23.4. The van der Waals surface area contributed by atoms with Crippen molar-refractivity contribution in [3.8, 4) is 0 Å². The van der Waals surface area contributed by atoms with Crippen LogP contribution in [0.4, 0.5) is 0 Å². The maximum absolute atomic E-state index is 11.6. The van der Waals surface area contributed by atoms with Gasteiger partial charge in [-0.3, -0.25) is 0 Å². The van der Waals surface area contributed by atoms with Gasteiger partial charge in [0.25, 0.3) is 0 Å². The van der Waals surface area contributed by atoms with Crippen LogP contribution in [0.3, 0.4) is 0 Å². The second-order valence-corrected chi connectivity index (χ2v) is 7.97. The van der Waals surface area contributed by atoms with Crippen LogP contribution in [0.15, 0.2) is 0 Å². The third-order valence-electron chi connectivity index (χ3n) is 5.62. The molecule has 3 atom stereocenters. The van der Waals surface area contributed by atoms with Crippen LogP contribution >= 0.6 is 0 Å². The van der Waals surface area contributed by atoms with E-state index in [0.29, 0.717) is 6.42 Å². The lowest BCUT2D eigenvalue weighted by Gasteiger charge is -2.21. The van der Waals surface area contributed by atoms with Gasteiger partial charge >= 0.3 is 5.97 Å². The molecule has 0 bridgehead atoms. The van der Waals surface area contributed by atoms with Gasteiger partial charge in [-0.15, -0.1) is 0 Å². The predicted octanol–water partition coefficient (Wildman–Crippen LogP) is 3.83. The highest BCUT2D eigenvalue weighted by molar-refractivity contribution is 5.84. The zero-order valence-corrected chi connectivity index (χ0v) is 16.8. The van der Waals surface area contributed by atoms with E-state index in [1.807, 2.05) is 0 Å². The minimum absolute atomic E-state index is 0.572. The Hall–Kier alpha value is -0.650. The topological polar surface area (TPSA) is 92.8 Å². The highest BCUT2D eigenvalue weighted by Crippen LogP contribution is 2.27. The van der Waals surface area contributed by atoms with Crippen LogP contribution in [-0.2, 0) is 9.53 Å². The van der Waals surface area contributed by atoms with Gasteiger partial charge in [-0.2, -0.15) is 0 Å². The SMILES string of the molecule is CCCCCCCCCCCCCCCC[C@H]1OC(=O)[C@](N)(CO)[C@H]1O. The standard InChI is InChI=1S/C21H41NO4/c1-2-3-4-5-6-7-8-9-10-11-12-13-14-15-16-18-19(24)21(22,17-23)20(25)26-18/h18-19,23-24H,2-17,22H2,1H3/t18-,19+,21+/m1/s1. The number of cyclic esters (lactones) is 1. The zero-order chi connectivity index (χ0) is 19.3. The lowest BCUT2D eigenvalue weighted by atomic mass is 9.92. The molecule has 0 radical (unpaired) electrons. The van der Waals surface area contributed by atoms with E-state index in [9.17, 15) is 15.0 Å². The molecule has 4 N–H and O–H groups in total. The molecule has 1 heterocycles. The summed E-state index contributed by atoms with van der Waals surface area (Å²) >= 11 is 0. The Morgan fingerprint density at radius 2 is 1.31 bits per heavy atom. The summed E-state index contributed by atoms with van der Waals surface area (Å²) in [4.78, 5) is 11.6. The molecular weight excluding hydrogens is 330 g/mol.